The zero-order valence-corrected chi connectivity index (χ0v) is 15.4. The number of anilines is 1. The van der Waals surface area contributed by atoms with Gasteiger partial charge in [-0.15, -0.1) is 0 Å². The highest BCUT2D eigenvalue weighted by Gasteiger charge is 2.49. The van der Waals surface area contributed by atoms with Gasteiger partial charge in [0, 0.05) is 18.3 Å². The maximum absolute atomic E-state index is 12.6. The van der Waals surface area contributed by atoms with Crippen LogP contribution in [0, 0.1) is 17.8 Å². The molecule has 5 nitrogen and oxygen atoms in total. The highest BCUT2D eigenvalue weighted by molar-refractivity contribution is 5.93. The second-order valence-corrected chi connectivity index (χ2v) is 7.33. The summed E-state index contributed by atoms with van der Waals surface area (Å²) in [5.41, 5.74) is 7.08. The summed E-state index contributed by atoms with van der Waals surface area (Å²) in [5.74, 6) is 1.91. The van der Waals surface area contributed by atoms with Crippen LogP contribution in [0.4, 0.5) is 5.69 Å². The quantitative estimate of drug-likeness (QED) is 0.760. The summed E-state index contributed by atoms with van der Waals surface area (Å²) in [6.45, 7) is 7.99. The predicted molar refractivity (Wildman–Crippen MR) is 101 cm³/mol. The zero-order chi connectivity index (χ0) is 17.8. The van der Waals surface area contributed by atoms with Crippen molar-refractivity contribution in [1.29, 1.82) is 0 Å². The first-order chi connectivity index (χ1) is 12.1. The largest absolute Gasteiger partial charge is 0.492 e. The van der Waals surface area contributed by atoms with Gasteiger partial charge in [0.15, 0.2) is 0 Å². The summed E-state index contributed by atoms with van der Waals surface area (Å²) >= 11 is 0. The van der Waals surface area contributed by atoms with E-state index in [1.165, 1.54) is 6.42 Å². The van der Waals surface area contributed by atoms with Crippen molar-refractivity contribution in [1.82, 2.24) is 4.90 Å². The molecule has 0 spiro atoms. The van der Waals surface area contributed by atoms with Gasteiger partial charge < -0.3 is 20.7 Å². The third-order valence-electron chi connectivity index (χ3n) is 5.98. The Balaban J connectivity index is 1.48. The minimum Gasteiger partial charge on any atom is -0.492 e. The van der Waals surface area contributed by atoms with E-state index in [0.717, 1.165) is 43.9 Å². The molecule has 2 fully saturated rings. The second kappa shape index (κ2) is 8.19. The van der Waals surface area contributed by atoms with Gasteiger partial charge >= 0.3 is 0 Å². The lowest BCUT2D eigenvalue weighted by Crippen LogP contribution is -2.42. The van der Waals surface area contributed by atoms with E-state index in [-0.39, 0.29) is 17.9 Å². The van der Waals surface area contributed by atoms with Gasteiger partial charge in [-0.3, -0.25) is 4.79 Å². The maximum Gasteiger partial charge on any atom is 0.229 e. The molecule has 2 aliphatic rings. The SMILES string of the molecule is CCN(CC)CCOc1ccc(NC(=O)C2C3CCC(C3)C2N)cc1. The van der Waals surface area contributed by atoms with E-state index in [4.69, 9.17) is 10.5 Å². The third-order valence-corrected chi connectivity index (χ3v) is 5.98. The standard InChI is InChI=1S/C20H31N3O2/c1-3-23(4-2)11-12-25-17-9-7-16(8-10-17)22-20(24)18-14-5-6-15(13-14)19(18)21/h7-10,14-15,18-19H,3-6,11-13,21H2,1-2H3,(H,22,24). The van der Waals surface area contributed by atoms with Crippen molar-refractivity contribution in [2.75, 3.05) is 31.6 Å². The number of carbonyl (C=O) groups excluding carboxylic acids is 1. The van der Waals surface area contributed by atoms with Crippen molar-refractivity contribution in [2.24, 2.45) is 23.5 Å². The molecular weight excluding hydrogens is 314 g/mol. The molecule has 3 rings (SSSR count). The van der Waals surface area contributed by atoms with Crippen LogP contribution in [-0.2, 0) is 4.79 Å². The number of carbonyl (C=O) groups is 1. The lowest BCUT2D eigenvalue weighted by molar-refractivity contribution is -0.121. The first-order valence-electron chi connectivity index (χ1n) is 9.64. The van der Waals surface area contributed by atoms with Crippen LogP contribution in [-0.4, -0.2) is 43.1 Å². The number of nitrogens with one attached hydrogen (secondary N) is 1. The molecule has 3 N–H and O–H groups in total. The molecule has 1 aromatic carbocycles. The number of likely N-dealkylation sites (N-methyl/N-ethyl adjacent to an activating group) is 1. The molecule has 2 aliphatic carbocycles. The van der Waals surface area contributed by atoms with Gasteiger partial charge in [-0.1, -0.05) is 13.8 Å². The van der Waals surface area contributed by atoms with Gasteiger partial charge in [0.2, 0.25) is 5.91 Å². The molecule has 138 valence electrons. The molecule has 4 unspecified atom stereocenters. The number of nitrogens with zero attached hydrogens (tertiary/aromatic N) is 1. The molecule has 0 heterocycles. The van der Waals surface area contributed by atoms with Gasteiger partial charge in [-0.05, 0) is 68.5 Å². The molecule has 4 atom stereocenters. The van der Waals surface area contributed by atoms with E-state index < -0.39 is 0 Å². The van der Waals surface area contributed by atoms with E-state index in [2.05, 4.69) is 24.1 Å². The molecule has 0 saturated heterocycles. The van der Waals surface area contributed by atoms with Crippen LogP contribution in [0.15, 0.2) is 24.3 Å². The Hall–Kier alpha value is -1.59. The van der Waals surface area contributed by atoms with Gasteiger partial charge in [-0.25, -0.2) is 0 Å². The van der Waals surface area contributed by atoms with Crippen LogP contribution in [0.1, 0.15) is 33.1 Å². The normalized spacial score (nSPS) is 27.7. The molecule has 2 bridgehead atoms. The van der Waals surface area contributed by atoms with Crippen molar-refractivity contribution in [3.8, 4) is 5.75 Å². The van der Waals surface area contributed by atoms with Crippen LogP contribution in [0.25, 0.3) is 0 Å². The molecule has 2 saturated carbocycles. The molecule has 1 amide bonds. The van der Waals surface area contributed by atoms with Crippen LogP contribution in [0.3, 0.4) is 0 Å². The van der Waals surface area contributed by atoms with Crippen molar-refractivity contribution < 1.29 is 9.53 Å². The van der Waals surface area contributed by atoms with Crippen molar-refractivity contribution >= 4 is 11.6 Å². The number of hydrogen-bond acceptors (Lipinski definition) is 4. The Bertz CT molecular complexity index is 569. The molecule has 5 heteroatoms. The van der Waals surface area contributed by atoms with Gasteiger partial charge in [0.05, 0.1) is 5.92 Å². The maximum atomic E-state index is 12.6. The first-order valence-corrected chi connectivity index (χ1v) is 9.64. The first kappa shape index (κ1) is 18.2. The number of amides is 1. The average Bonchev–Trinajstić information content (AvgIpc) is 3.21. The zero-order valence-electron chi connectivity index (χ0n) is 15.4. The minimum absolute atomic E-state index is 0.0243. The summed E-state index contributed by atoms with van der Waals surface area (Å²) < 4.78 is 5.78. The Morgan fingerprint density at radius 1 is 1.20 bits per heavy atom. The fraction of sp³-hybridized carbons (Fsp3) is 0.650. The molecule has 0 aromatic heterocycles. The molecule has 0 radical (unpaired) electrons. The number of benzene rings is 1. The number of nitrogens with two attached hydrogens (primary N) is 1. The molecule has 0 aliphatic heterocycles. The topological polar surface area (TPSA) is 67.6 Å². The van der Waals surface area contributed by atoms with Gasteiger partial charge in [0.1, 0.15) is 12.4 Å². The highest BCUT2D eigenvalue weighted by Crippen LogP contribution is 2.47. The van der Waals surface area contributed by atoms with Crippen LogP contribution in [0.2, 0.25) is 0 Å². The third kappa shape index (κ3) is 4.15. The smallest absolute Gasteiger partial charge is 0.229 e. The van der Waals surface area contributed by atoms with Crippen molar-refractivity contribution in [3.63, 3.8) is 0 Å². The number of ether oxygens (including phenoxy) is 1. The van der Waals surface area contributed by atoms with Crippen LogP contribution < -0.4 is 15.8 Å². The van der Waals surface area contributed by atoms with E-state index >= 15 is 0 Å². The van der Waals surface area contributed by atoms with E-state index in [9.17, 15) is 4.79 Å². The number of hydrogen-bond donors (Lipinski definition) is 2. The van der Waals surface area contributed by atoms with Crippen LogP contribution >= 0.6 is 0 Å². The van der Waals surface area contributed by atoms with E-state index in [1.807, 2.05) is 24.3 Å². The number of rotatable bonds is 8. The second-order valence-electron chi connectivity index (χ2n) is 7.33. The Morgan fingerprint density at radius 3 is 2.48 bits per heavy atom. The lowest BCUT2D eigenvalue weighted by atomic mass is 9.84. The van der Waals surface area contributed by atoms with E-state index in [1.54, 1.807) is 0 Å². The fourth-order valence-electron chi connectivity index (χ4n) is 4.42. The van der Waals surface area contributed by atoms with Crippen molar-refractivity contribution in [2.45, 2.75) is 39.2 Å². The van der Waals surface area contributed by atoms with Crippen LogP contribution in [0.5, 0.6) is 5.75 Å². The fourth-order valence-corrected chi connectivity index (χ4v) is 4.42. The Morgan fingerprint density at radius 2 is 1.88 bits per heavy atom. The lowest BCUT2D eigenvalue weighted by Gasteiger charge is -2.27. The molecule has 25 heavy (non-hydrogen) atoms. The highest BCUT2D eigenvalue weighted by atomic mass is 16.5. The monoisotopic (exact) mass is 345 g/mol. The summed E-state index contributed by atoms with van der Waals surface area (Å²) in [6, 6.07) is 7.67. The van der Waals surface area contributed by atoms with Gasteiger partial charge in [0.25, 0.3) is 0 Å². The Kier molecular flexibility index (Phi) is 5.97. The van der Waals surface area contributed by atoms with Crippen molar-refractivity contribution in [3.05, 3.63) is 24.3 Å². The van der Waals surface area contributed by atoms with E-state index in [0.29, 0.717) is 18.4 Å². The summed E-state index contributed by atoms with van der Waals surface area (Å²) in [6.07, 6.45) is 3.46. The minimum atomic E-state index is -0.0243. The molecule has 1 aromatic rings. The molecular formula is C20H31N3O2. The summed E-state index contributed by atoms with van der Waals surface area (Å²) in [5, 5.41) is 3.04. The summed E-state index contributed by atoms with van der Waals surface area (Å²) in [4.78, 5) is 14.9. The average molecular weight is 345 g/mol. The Labute approximate surface area is 150 Å². The predicted octanol–water partition coefficient (Wildman–Crippen LogP) is 2.72. The number of fused-ring (bicyclic) bond motifs is 2. The summed E-state index contributed by atoms with van der Waals surface area (Å²) in [7, 11) is 0. The van der Waals surface area contributed by atoms with Gasteiger partial charge in [-0.2, -0.15) is 0 Å².